The molecule has 0 spiro atoms. The summed E-state index contributed by atoms with van der Waals surface area (Å²) in [5.41, 5.74) is -0.183. The van der Waals surface area contributed by atoms with E-state index in [1.807, 2.05) is 0 Å². The van der Waals surface area contributed by atoms with Gasteiger partial charge < -0.3 is 14.6 Å². The molecule has 112 valence electrons. The average molecular weight is 292 g/mol. The highest BCUT2D eigenvalue weighted by atomic mass is 19.4. The molecular formula is C12H15F3N2O3. The molecule has 1 heterocycles. The molecule has 1 amide bonds. The lowest BCUT2D eigenvalue weighted by Crippen LogP contribution is -2.41. The van der Waals surface area contributed by atoms with Gasteiger partial charge >= 0.3 is 12.1 Å². The van der Waals surface area contributed by atoms with E-state index in [-0.39, 0.29) is 5.69 Å². The summed E-state index contributed by atoms with van der Waals surface area (Å²) in [5, 5.41) is 8.75. The quantitative estimate of drug-likeness (QED) is 0.902. The Balaban J connectivity index is 3.01. The lowest BCUT2D eigenvalue weighted by atomic mass is 10.2. The van der Waals surface area contributed by atoms with E-state index in [4.69, 9.17) is 5.11 Å². The van der Waals surface area contributed by atoms with Gasteiger partial charge in [-0.15, -0.1) is 0 Å². The maximum Gasteiger partial charge on any atom is 0.406 e. The molecule has 0 aliphatic carbocycles. The largest absolute Gasteiger partial charge is 0.480 e. The Morgan fingerprint density at radius 3 is 2.45 bits per heavy atom. The van der Waals surface area contributed by atoms with Gasteiger partial charge in [-0.05, 0) is 26.0 Å². The van der Waals surface area contributed by atoms with Crippen molar-refractivity contribution >= 4 is 11.9 Å². The first-order valence-corrected chi connectivity index (χ1v) is 5.86. The predicted molar refractivity (Wildman–Crippen MR) is 64.3 cm³/mol. The molecule has 8 heteroatoms. The van der Waals surface area contributed by atoms with Crippen LogP contribution < -0.4 is 0 Å². The number of carboxylic acids is 1. The van der Waals surface area contributed by atoms with Crippen LogP contribution in [0, 0.1) is 0 Å². The highest BCUT2D eigenvalue weighted by molar-refractivity contribution is 5.94. The van der Waals surface area contributed by atoms with Gasteiger partial charge in [0.2, 0.25) is 0 Å². The summed E-state index contributed by atoms with van der Waals surface area (Å²) in [6, 6.07) is 2.12. The van der Waals surface area contributed by atoms with Crippen LogP contribution in [0.3, 0.4) is 0 Å². The number of alkyl halides is 3. The smallest absolute Gasteiger partial charge is 0.406 e. The lowest BCUT2D eigenvalue weighted by Gasteiger charge is -2.25. The van der Waals surface area contributed by atoms with Crippen LogP contribution in [-0.2, 0) is 11.3 Å². The third-order valence-electron chi connectivity index (χ3n) is 2.59. The summed E-state index contributed by atoms with van der Waals surface area (Å²) in [4.78, 5) is 23.9. The van der Waals surface area contributed by atoms with Gasteiger partial charge in [-0.3, -0.25) is 9.59 Å². The monoisotopic (exact) mass is 292 g/mol. The molecule has 0 radical (unpaired) electrons. The van der Waals surface area contributed by atoms with E-state index in [1.54, 1.807) is 13.8 Å². The van der Waals surface area contributed by atoms with Crippen LogP contribution in [0.5, 0.6) is 0 Å². The Kier molecular flexibility index (Phi) is 4.80. The first-order chi connectivity index (χ1) is 9.11. The number of hydrogen-bond acceptors (Lipinski definition) is 2. The van der Waals surface area contributed by atoms with Crippen LogP contribution in [0.25, 0.3) is 0 Å². The summed E-state index contributed by atoms with van der Waals surface area (Å²) in [6.45, 7) is 1.34. The summed E-state index contributed by atoms with van der Waals surface area (Å²) >= 11 is 0. The number of carboxylic acid groups (broad SMARTS) is 1. The normalized spacial score (nSPS) is 11.7. The fourth-order valence-corrected chi connectivity index (χ4v) is 1.72. The van der Waals surface area contributed by atoms with Crippen LogP contribution in [0.1, 0.15) is 24.3 Å². The topological polar surface area (TPSA) is 62.5 Å². The number of carbonyl (C=O) groups excluding carboxylic acids is 1. The summed E-state index contributed by atoms with van der Waals surface area (Å²) in [7, 11) is 0. The Hall–Kier alpha value is -1.99. The molecule has 0 atom stereocenters. The molecule has 0 aromatic carbocycles. The predicted octanol–water partition coefficient (Wildman–Crippen LogP) is 1.99. The minimum Gasteiger partial charge on any atom is -0.480 e. The first-order valence-electron chi connectivity index (χ1n) is 5.86. The van der Waals surface area contributed by atoms with E-state index in [0.717, 1.165) is 15.7 Å². The van der Waals surface area contributed by atoms with Crippen molar-refractivity contribution < 1.29 is 27.9 Å². The minimum atomic E-state index is -4.45. The van der Waals surface area contributed by atoms with Gasteiger partial charge in [-0.1, -0.05) is 0 Å². The highest BCUT2D eigenvalue weighted by Crippen LogP contribution is 2.20. The van der Waals surface area contributed by atoms with Crippen LogP contribution in [0.15, 0.2) is 18.3 Å². The number of halogens is 3. The molecule has 0 aliphatic rings. The maximum absolute atomic E-state index is 12.4. The second kappa shape index (κ2) is 5.98. The molecule has 1 rings (SSSR count). The van der Waals surface area contributed by atoms with Crippen molar-refractivity contribution in [1.82, 2.24) is 9.47 Å². The zero-order chi connectivity index (χ0) is 15.5. The average Bonchev–Trinajstić information content (AvgIpc) is 2.69. The Bertz CT molecular complexity index is 494. The van der Waals surface area contributed by atoms with Gasteiger partial charge in [-0.25, -0.2) is 0 Å². The fraction of sp³-hybridized carbons (Fsp3) is 0.500. The van der Waals surface area contributed by atoms with Crippen molar-refractivity contribution in [2.45, 2.75) is 32.6 Å². The molecule has 0 aliphatic heterocycles. The molecular weight excluding hydrogens is 277 g/mol. The van der Waals surface area contributed by atoms with Gasteiger partial charge in [0.1, 0.15) is 18.8 Å². The molecule has 5 nitrogen and oxygen atoms in total. The van der Waals surface area contributed by atoms with Gasteiger partial charge in [0.05, 0.1) is 0 Å². The third-order valence-corrected chi connectivity index (χ3v) is 2.59. The van der Waals surface area contributed by atoms with Crippen molar-refractivity contribution in [2.24, 2.45) is 0 Å². The Labute approximate surface area is 113 Å². The molecule has 0 bridgehead atoms. The molecule has 0 unspecified atom stereocenters. The third kappa shape index (κ3) is 4.29. The van der Waals surface area contributed by atoms with Crippen molar-refractivity contribution in [3.63, 3.8) is 0 Å². The first kappa shape index (κ1) is 16.1. The van der Waals surface area contributed by atoms with Crippen molar-refractivity contribution in [1.29, 1.82) is 0 Å². The lowest BCUT2D eigenvalue weighted by molar-refractivity contribution is -0.141. The summed E-state index contributed by atoms with van der Waals surface area (Å²) < 4.78 is 37.9. The van der Waals surface area contributed by atoms with E-state index in [9.17, 15) is 22.8 Å². The number of carbonyl (C=O) groups is 2. The van der Waals surface area contributed by atoms with Crippen molar-refractivity contribution in [3.05, 3.63) is 24.0 Å². The molecule has 1 aromatic rings. The van der Waals surface area contributed by atoms with E-state index in [2.05, 4.69) is 0 Å². The maximum atomic E-state index is 12.4. The van der Waals surface area contributed by atoms with Crippen molar-refractivity contribution in [3.8, 4) is 0 Å². The van der Waals surface area contributed by atoms with Gasteiger partial charge in [0.25, 0.3) is 5.91 Å². The molecule has 0 fully saturated rings. The number of amides is 1. The molecule has 0 saturated heterocycles. The fourth-order valence-electron chi connectivity index (χ4n) is 1.72. The second-order valence-corrected chi connectivity index (χ2v) is 4.56. The van der Waals surface area contributed by atoms with E-state index < -0.39 is 37.2 Å². The van der Waals surface area contributed by atoms with Gasteiger partial charge in [0, 0.05) is 12.2 Å². The minimum absolute atomic E-state index is 0.183. The standard InChI is InChI=1S/C12H15F3N2O3/c1-8(2)17(6-10(18)19)11(20)9-4-3-5-16(9)7-12(13,14)15/h3-5,8H,6-7H2,1-2H3,(H,18,19). The zero-order valence-electron chi connectivity index (χ0n) is 11.0. The number of nitrogens with zero attached hydrogens (tertiary/aromatic N) is 2. The SMILES string of the molecule is CC(C)N(CC(=O)O)C(=O)c1cccn1CC(F)(F)F. The Morgan fingerprint density at radius 2 is 2.00 bits per heavy atom. The van der Waals surface area contributed by atoms with Crippen LogP contribution in [0.2, 0.25) is 0 Å². The zero-order valence-corrected chi connectivity index (χ0v) is 11.0. The summed E-state index contributed by atoms with van der Waals surface area (Å²) in [6.07, 6.45) is -3.32. The van der Waals surface area contributed by atoms with Gasteiger partial charge in [-0.2, -0.15) is 13.2 Å². The number of aliphatic carboxylic acids is 1. The van der Waals surface area contributed by atoms with Crippen molar-refractivity contribution in [2.75, 3.05) is 6.54 Å². The highest BCUT2D eigenvalue weighted by Gasteiger charge is 2.31. The van der Waals surface area contributed by atoms with Crippen LogP contribution >= 0.6 is 0 Å². The molecule has 20 heavy (non-hydrogen) atoms. The van der Waals surface area contributed by atoms with Crippen LogP contribution in [-0.4, -0.2) is 45.2 Å². The van der Waals surface area contributed by atoms with E-state index >= 15 is 0 Å². The van der Waals surface area contributed by atoms with Crippen LogP contribution in [0.4, 0.5) is 13.2 Å². The van der Waals surface area contributed by atoms with E-state index in [0.29, 0.717) is 0 Å². The molecule has 1 aromatic heterocycles. The van der Waals surface area contributed by atoms with E-state index in [1.165, 1.54) is 12.1 Å². The van der Waals surface area contributed by atoms with Gasteiger partial charge in [0.15, 0.2) is 0 Å². The molecule has 0 saturated carbocycles. The number of hydrogen-bond donors (Lipinski definition) is 1. The molecule has 1 N–H and O–H groups in total. The number of aromatic nitrogens is 1. The second-order valence-electron chi connectivity index (χ2n) is 4.56. The Morgan fingerprint density at radius 1 is 1.40 bits per heavy atom. The summed E-state index contributed by atoms with van der Waals surface area (Å²) in [5.74, 6) is -1.96. The number of rotatable bonds is 5.